The van der Waals surface area contributed by atoms with E-state index >= 15 is 0 Å². The van der Waals surface area contributed by atoms with Crippen LogP contribution in [0.1, 0.15) is 10.5 Å². The van der Waals surface area contributed by atoms with Crippen LogP contribution in [0.4, 0.5) is 5.69 Å². The van der Waals surface area contributed by atoms with Gasteiger partial charge in [0.15, 0.2) is 0 Å². The Hall–Kier alpha value is -2.23. The average Bonchev–Trinajstić information content (AvgIpc) is 3.07. The molecule has 0 spiro atoms. The van der Waals surface area contributed by atoms with Crippen LogP contribution in [-0.4, -0.2) is 54.9 Å². The van der Waals surface area contributed by atoms with Gasteiger partial charge in [0.25, 0.3) is 5.91 Å². The Bertz CT molecular complexity index is 782. The second-order valence-corrected chi connectivity index (χ2v) is 6.89. The van der Waals surface area contributed by atoms with Gasteiger partial charge in [-0.1, -0.05) is 0 Å². The molecule has 1 fully saturated rings. The number of carbonyl (C=O) groups is 1. The minimum absolute atomic E-state index is 0.0688. The number of hydrogen-bond donors (Lipinski definition) is 2. The van der Waals surface area contributed by atoms with E-state index in [0.717, 1.165) is 0 Å². The molecule has 23 heavy (non-hydrogen) atoms. The lowest BCUT2D eigenvalue weighted by Crippen LogP contribution is -2.40. The van der Waals surface area contributed by atoms with E-state index in [1.165, 1.54) is 16.6 Å². The summed E-state index contributed by atoms with van der Waals surface area (Å²) in [5.74, 6) is -0.417. The van der Waals surface area contributed by atoms with E-state index in [2.05, 4.69) is 15.3 Å². The van der Waals surface area contributed by atoms with E-state index in [9.17, 15) is 13.2 Å². The number of rotatable bonds is 4. The SMILES string of the molecule is O=C(Nc1ccncc1)c1cc(S(=O)(=O)N2CCOCC2)c[nH]1. The Morgan fingerprint density at radius 3 is 2.65 bits per heavy atom. The Morgan fingerprint density at radius 2 is 1.96 bits per heavy atom. The molecule has 0 radical (unpaired) electrons. The largest absolute Gasteiger partial charge is 0.379 e. The van der Waals surface area contributed by atoms with Crippen molar-refractivity contribution in [1.82, 2.24) is 14.3 Å². The van der Waals surface area contributed by atoms with Crippen molar-refractivity contribution in [1.29, 1.82) is 0 Å². The molecule has 0 aromatic carbocycles. The number of nitrogens with zero attached hydrogens (tertiary/aromatic N) is 2. The van der Waals surface area contributed by atoms with Crippen molar-refractivity contribution in [2.45, 2.75) is 4.90 Å². The van der Waals surface area contributed by atoms with Crippen molar-refractivity contribution in [3.8, 4) is 0 Å². The highest BCUT2D eigenvalue weighted by Crippen LogP contribution is 2.18. The maximum Gasteiger partial charge on any atom is 0.272 e. The lowest BCUT2D eigenvalue weighted by Gasteiger charge is -2.25. The fourth-order valence-electron chi connectivity index (χ4n) is 2.22. The first kappa shape index (κ1) is 15.7. The first-order valence-electron chi connectivity index (χ1n) is 7.05. The topological polar surface area (TPSA) is 104 Å². The molecule has 2 N–H and O–H groups in total. The summed E-state index contributed by atoms with van der Waals surface area (Å²) in [4.78, 5) is 18.8. The zero-order valence-electron chi connectivity index (χ0n) is 12.2. The van der Waals surface area contributed by atoms with Crippen LogP contribution in [-0.2, 0) is 14.8 Å². The highest BCUT2D eigenvalue weighted by atomic mass is 32.2. The first-order chi connectivity index (χ1) is 11.1. The van der Waals surface area contributed by atoms with Crippen LogP contribution in [0.3, 0.4) is 0 Å². The number of nitrogens with one attached hydrogen (secondary N) is 2. The number of carbonyl (C=O) groups excluding carboxylic acids is 1. The number of amides is 1. The van der Waals surface area contributed by atoms with Crippen molar-refractivity contribution in [2.75, 3.05) is 31.6 Å². The van der Waals surface area contributed by atoms with Gasteiger partial charge >= 0.3 is 0 Å². The average molecular weight is 336 g/mol. The van der Waals surface area contributed by atoms with Crippen LogP contribution in [0.25, 0.3) is 0 Å². The van der Waals surface area contributed by atoms with Crippen LogP contribution in [0.5, 0.6) is 0 Å². The maximum absolute atomic E-state index is 12.5. The number of aromatic amines is 1. The van der Waals surface area contributed by atoms with Crippen molar-refractivity contribution in [3.05, 3.63) is 42.5 Å². The first-order valence-corrected chi connectivity index (χ1v) is 8.49. The molecule has 9 heteroatoms. The number of ether oxygens (including phenoxy) is 1. The molecule has 1 saturated heterocycles. The van der Waals surface area contributed by atoms with E-state index in [4.69, 9.17) is 4.74 Å². The van der Waals surface area contributed by atoms with Crippen LogP contribution in [0.15, 0.2) is 41.7 Å². The third-order valence-corrected chi connectivity index (χ3v) is 5.32. The lowest BCUT2D eigenvalue weighted by molar-refractivity contribution is 0.0730. The van der Waals surface area contributed by atoms with Crippen molar-refractivity contribution in [2.24, 2.45) is 0 Å². The molecule has 3 heterocycles. The third-order valence-electron chi connectivity index (χ3n) is 3.45. The highest BCUT2D eigenvalue weighted by Gasteiger charge is 2.27. The Balaban J connectivity index is 1.76. The zero-order chi connectivity index (χ0) is 16.3. The summed E-state index contributed by atoms with van der Waals surface area (Å²) in [6.07, 6.45) is 4.43. The van der Waals surface area contributed by atoms with Gasteiger partial charge in [0.05, 0.1) is 13.2 Å². The Labute approximate surface area is 133 Å². The van der Waals surface area contributed by atoms with Crippen LogP contribution in [0.2, 0.25) is 0 Å². The summed E-state index contributed by atoms with van der Waals surface area (Å²) in [7, 11) is -3.62. The lowest BCUT2D eigenvalue weighted by atomic mass is 10.3. The summed E-state index contributed by atoms with van der Waals surface area (Å²) >= 11 is 0. The normalized spacial score (nSPS) is 16.2. The summed E-state index contributed by atoms with van der Waals surface area (Å²) in [6.45, 7) is 1.37. The molecule has 0 atom stereocenters. The monoisotopic (exact) mass is 336 g/mol. The quantitative estimate of drug-likeness (QED) is 0.854. The molecule has 2 aromatic rings. The van der Waals surface area contributed by atoms with Gasteiger partial charge in [-0.05, 0) is 18.2 Å². The Kier molecular flexibility index (Phi) is 4.42. The molecule has 0 unspecified atom stereocenters. The van der Waals surface area contributed by atoms with Gasteiger partial charge in [-0.25, -0.2) is 8.42 Å². The van der Waals surface area contributed by atoms with E-state index in [1.54, 1.807) is 24.5 Å². The number of anilines is 1. The summed E-state index contributed by atoms with van der Waals surface area (Å²) in [5.41, 5.74) is 0.755. The predicted octanol–water partition coefficient (Wildman–Crippen LogP) is 0.683. The fraction of sp³-hybridized carbons (Fsp3) is 0.286. The fourth-order valence-corrected chi connectivity index (χ4v) is 3.63. The van der Waals surface area contributed by atoms with Gasteiger partial charge in [0.2, 0.25) is 10.0 Å². The molecule has 122 valence electrons. The second-order valence-electron chi connectivity index (χ2n) is 4.96. The van der Waals surface area contributed by atoms with Crippen LogP contribution < -0.4 is 5.32 Å². The molecule has 8 nitrogen and oxygen atoms in total. The predicted molar refractivity (Wildman–Crippen MR) is 82.6 cm³/mol. The number of morpholine rings is 1. The smallest absolute Gasteiger partial charge is 0.272 e. The summed E-state index contributed by atoms with van der Waals surface area (Å²) in [6, 6.07) is 4.62. The number of sulfonamides is 1. The molecule has 0 bridgehead atoms. The molecule has 1 aliphatic rings. The van der Waals surface area contributed by atoms with E-state index in [0.29, 0.717) is 32.0 Å². The van der Waals surface area contributed by atoms with Gasteiger partial charge in [0, 0.05) is 37.4 Å². The summed E-state index contributed by atoms with van der Waals surface area (Å²) in [5, 5.41) is 2.66. The van der Waals surface area contributed by atoms with E-state index < -0.39 is 15.9 Å². The molecule has 1 aliphatic heterocycles. The zero-order valence-corrected chi connectivity index (χ0v) is 13.0. The Morgan fingerprint density at radius 1 is 1.26 bits per heavy atom. The number of H-pyrrole nitrogens is 1. The number of hydrogen-bond acceptors (Lipinski definition) is 5. The van der Waals surface area contributed by atoms with Crippen molar-refractivity contribution >= 4 is 21.6 Å². The van der Waals surface area contributed by atoms with E-state index in [-0.39, 0.29) is 10.6 Å². The standard InChI is InChI=1S/C14H16N4O4S/c19-14(17-11-1-3-15-4-2-11)13-9-12(10-16-13)23(20,21)18-5-7-22-8-6-18/h1-4,9-10,16H,5-8H2,(H,15,17,19). The van der Waals surface area contributed by atoms with Gasteiger partial charge < -0.3 is 15.0 Å². The molecular weight excluding hydrogens is 320 g/mol. The van der Waals surface area contributed by atoms with Gasteiger partial charge in [-0.2, -0.15) is 4.31 Å². The van der Waals surface area contributed by atoms with Gasteiger partial charge in [-0.3, -0.25) is 9.78 Å². The summed E-state index contributed by atoms with van der Waals surface area (Å²) < 4.78 is 31.5. The van der Waals surface area contributed by atoms with E-state index in [1.807, 2.05) is 0 Å². The molecule has 0 aliphatic carbocycles. The van der Waals surface area contributed by atoms with Gasteiger partial charge in [0.1, 0.15) is 10.6 Å². The number of pyridine rings is 1. The number of aromatic nitrogens is 2. The minimum atomic E-state index is -3.62. The molecule has 1 amide bonds. The van der Waals surface area contributed by atoms with Crippen LogP contribution in [0, 0.1) is 0 Å². The van der Waals surface area contributed by atoms with Crippen molar-refractivity contribution in [3.63, 3.8) is 0 Å². The third kappa shape index (κ3) is 3.41. The van der Waals surface area contributed by atoms with Crippen molar-refractivity contribution < 1.29 is 17.9 Å². The molecule has 2 aromatic heterocycles. The van der Waals surface area contributed by atoms with Crippen LogP contribution >= 0.6 is 0 Å². The minimum Gasteiger partial charge on any atom is -0.379 e. The molecule has 0 saturated carbocycles. The van der Waals surface area contributed by atoms with Gasteiger partial charge in [-0.15, -0.1) is 0 Å². The molecule has 3 rings (SSSR count). The maximum atomic E-state index is 12.5. The highest BCUT2D eigenvalue weighted by molar-refractivity contribution is 7.89. The molecular formula is C14H16N4O4S. The second kappa shape index (κ2) is 6.49.